The number of aliphatic hydroxyl groups excluding tert-OH is 1. The lowest BCUT2D eigenvalue weighted by Crippen LogP contribution is -2.58. The second kappa shape index (κ2) is 6.88. The van der Waals surface area contributed by atoms with Gasteiger partial charge in [-0.3, -0.25) is 10.1 Å². The first kappa shape index (κ1) is 15.0. The minimum Gasteiger partial charge on any atom is -0.467 e. The van der Waals surface area contributed by atoms with Gasteiger partial charge in [0.2, 0.25) is 5.91 Å². The summed E-state index contributed by atoms with van der Waals surface area (Å²) in [6.07, 6.45) is 2.99. The highest BCUT2D eigenvalue weighted by atomic mass is 16.5. The van der Waals surface area contributed by atoms with Crippen LogP contribution in [0.25, 0.3) is 0 Å². The number of carbonyl (C=O) groups is 1. The molecule has 3 N–H and O–H groups in total. The number of carbonyl (C=O) groups excluding carboxylic acids is 1. The number of hydrogen-bond acceptors (Lipinski definition) is 5. The standard InChI is InChI=1S/C14H22N2O4/c1-11(13(18)15-9-12-3-2-6-20-12)16-14(10-17)4-7-19-8-5-14/h2-3,6,11,16-17H,4-5,7-10H2,1H3,(H,15,18). The summed E-state index contributed by atoms with van der Waals surface area (Å²) in [6.45, 7) is 3.38. The van der Waals surface area contributed by atoms with Crippen LogP contribution in [-0.2, 0) is 16.1 Å². The summed E-state index contributed by atoms with van der Waals surface area (Å²) in [7, 11) is 0. The zero-order chi connectivity index (χ0) is 14.4. The average molecular weight is 282 g/mol. The minimum absolute atomic E-state index is 0.00611. The Bertz CT molecular complexity index is 413. The Morgan fingerprint density at radius 2 is 2.25 bits per heavy atom. The summed E-state index contributed by atoms with van der Waals surface area (Å²) in [5.74, 6) is 0.606. The normalized spacial score (nSPS) is 19.5. The van der Waals surface area contributed by atoms with Crippen molar-refractivity contribution in [3.8, 4) is 0 Å². The maximum atomic E-state index is 12.0. The third-order valence-corrected chi connectivity index (χ3v) is 3.69. The second-order valence-electron chi connectivity index (χ2n) is 5.21. The number of nitrogens with one attached hydrogen (secondary N) is 2. The second-order valence-corrected chi connectivity index (χ2v) is 5.21. The van der Waals surface area contributed by atoms with E-state index in [1.165, 1.54) is 0 Å². The number of aliphatic hydroxyl groups is 1. The molecule has 112 valence electrons. The molecule has 6 nitrogen and oxygen atoms in total. The molecule has 0 bridgehead atoms. The van der Waals surface area contributed by atoms with Gasteiger partial charge in [-0.05, 0) is 31.9 Å². The molecule has 2 rings (SSSR count). The van der Waals surface area contributed by atoms with Crippen LogP contribution in [0.2, 0.25) is 0 Å². The quantitative estimate of drug-likeness (QED) is 0.704. The topological polar surface area (TPSA) is 83.7 Å². The molecule has 0 radical (unpaired) electrons. The predicted molar refractivity (Wildman–Crippen MR) is 73.0 cm³/mol. The molecule has 1 atom stereocenters. The molecule has 1 unspecified atom stereocenters. The molecule has 1 saturated heterocycles. The molecule has 1 aliphatic heterocycles. The largest absolute Gasteiger partial charge is 0.467 e. The number of hydrogen-bond donors (Lipinski definition) is 3. The van der Waals surface area contributed by atoms with Crippen LogP contribution in [0.3, 0.4) is 0 Å². The van der Waals surface area contributed by atoms with Crippen molar-refractivity contribution in [2.75, 3.05) is 19.8 Å². The van der Waals surface area contributed by atoms with Gasteiger partial charge >= 0.3 is 0 Å². The van der Waals surface area contributed by atoms with Crippen molar-refractivity contribution in [3.05, 3.63) is 24.2 Å². The summed E-state index contributed by atoms with van der Waals surface area (Å²) < 4.78 is 10.5. The molecule has 0 saturated carbocycles. The fourth-order valence-electron chi connectivity index (χ4n) is 2.38. The van der Waals surface area contributed by atoms with Crippen LogP contribution in [0, 0.1) is 0 Å². The Morgan fingerprint density at radius 1 is 1.50 bits per heavy atom. The van der Waals surface area contributed by atoms with Crippen molar-refractivity contribution >= 4 is 5.91 Å². The molecular formula is C14H22N2O4. The van der Waals surface area contributed by atoms with E-state index in [1.807, 2.05) is 6.07 Å². The number of ether oxygens (including phenoxy) is 1. The summed E-state index contributed by atoms with van der Waals surface area (Å²) in [4.78, 5) is 12.0. The highest BCUT2D eigenvalue weighted by molar-refractivity contribution is 5.81. The van der Waals surface area contributed by atoms with E-state index in [9.17, 15) is 9.90 Å². The van der Waals surface area contributed by atoms with Gasteiger partial charge in [0.05, 0.1) is 25.5 Å². The molecule has 2 heterocycles. The lowest BCUT2D eigenvalue weighted by molar-refractivity contribution is -0.124. The molecular weight excluding hydrogens is 260 g/mol. The molecule has 0 spiro atoms. The van der Waals surface area contributed by atoms with E-state index in [2.05, 4.69) is 10.6 Å². The van der Waals surface area contributed by atoms with Crippen molar-refractivity contribution < 1.29 is 19.1 Å². The Balaban J connectivity index is 1.83. The van der Waals surface area contributed by atoms with Crippen LogP contribution >= 0.6 is 0 Å². The summed E-state index contributed by atoms with van der Waals surface area (Å²) in [5, 5.41) is 15.6. The Hall–Kier alpha value is -1.37. The van der Waals surface area contributed by atoms with Crippen molar-refractivity contribution in [2.24, 2.45) is 0 Å². The van der Waals surface area contributed by atoms with E-state index in [4.69, 9.17) is 9.15 Å². The molecule has 0 aromatic carbocycles. The van der Waals surface area contributed by atoms with E-state index in [0.29, 0.717) is 38.4 Å². The van der Waals surface area contributed by atoms with Crippen LogP contribution < -0.4 is 10.6 Å². The fraction of sp³-hybridized carbons (Fsp3) is 0.643. The molecule has 1 amide bonds. The van der Waals surface area contributed by atoms with E-state index in [0.717, 1.165) is 0 Å². The maximum absolute atomic E-state index is 12.0. The Morgan fingerprint density at radius 3 is 2.85 bits per heavy atom. The van der Waals surface area contributed by atoms with Crippen molar-refractivity contribution in [1.29, 1.82) is 0 Å². The van der Waals surface area contributed by atoms with Crippen molar-refractivity contribution in [2.45, 2.75) is 37.9 Å². The molecule has 1 aromatic heterocycles. The van der Waals surface area contributed by atoms with Gasteiger partial charge < -0.3 is 19.6 Å². The number of amides is 1. The van der Waals surface area contributed by atoms with Gasteiger partial charge in [0.15, 0.2) is 0 Å². The summed E-state index contributed by atoms with van der Waals surface area (Å²) in [5.41, 5.74) is -0.417. The highest BCUT2D eigenvalue weighted by Crippen LogP contribution is 2.20. The molecule has 0 aliphatic carbocycles. The van der Waals surface area contributed by atoms with E-state index in [-0.39, 0.29) is 18.6 Å². The summed E-state index contributed by atoms with van der Waals surface area (Å²) >= 11 is 0. The zero-order valence-corrected chi connectivity index (χ0v) is 11.7. The first-order chi connectivity index (χ1) is 9.65. The van der Waals surface area contributed by atoms with E-state index < -0.39 is 5.54 Å². The van der Waals surface area contributed by atoms with Crippen LogP contribution in [0.1, 0.15) is 25.5 Å². The van der Waals surface area contributed by atoms with Gasteiger partial charge in [-0.25, -0.2) is 0 Å². The lowest BCUT2D eigenvalue weighted by Gasteiger charge is -2.38. The van der Waals surface area contributed by atoms with Crippen LogP contribution in [-0.4, -0.2) is 42.4 Å². The van der Waals surface area contributed by atoms with Crippen LogP contribution in [0.5, 0.6) is 0 Å². The van der Waals surface area contributed by atoms with Gasteiger partial charge in [0.1, 0.15) is 5.76 Å². The maximum Gasteiger partial charge on any atom is 0.237 e. The van der Waals surface area contributed by atoms with Crippen molar-refractivity contribution in [1.82, 2.24) is 10.6 Å². The molecule has 1 fully saturated rings. The fourth-order valence-corrected chi connectivity index (χ4v) is 2.38. The first-order valence-corrected chi connectivity index (χ1v) is 6.92. The highest BCUT2D eigenvalue weighted by Gasteiger charge is 2.34. The Kier molecular flexibility index (Phi) is 5.17. The third kappa shape index (κ3) is 3.82. The molecule has 1 aromatic rings. The van der Waals surface area contributed by atoms with E-state index >= 15 is 0 Å². The monoisotopic (exact) mass is 282 g/mol. The van der Waals surface area contributed by atoms with Crippen LogP contribution in [0.15, 0.2) is 22.8 Å². The molecule has 6 heteroatoms. The van der Waals surface area contributed by atoms with Gasteiger partial charge in [-0.2, -0.15) is 0 Å². The van der Waals surface area contributed by atoms with E-state index in [1.54, 1.807) is 19.3 Å². The number of furan rings is 1. The van der Waals surface area contributed by atoms with Gasteiger partial charge in [-0.1, -0.05) is 0 Å². The van der Waals surface area contributed by atoms with Crippen molar-refractivity contribution in [3.63, 3.8) is 0 Å². The lowest BCUT2D eigenvalue weighted by atomic mass is 9.90. The minimum atomic E-state index is -0.417. The zero-order valence-electron chi connectivity index (χ0n) is 11.7. The van der Waals surface area contributed by atoms with Gasteiger partial charge in [0.25, 0.3) is 0 Å². The first-order valence-electron chi connectivity index (χ1n) is 6.92. The SMILES string of the molecule is CC(NC1(CO)CCOCC1)C(=O)NCc1ccco1. The molecule has 20 heavy (non-hydrogen) atoms. The third-order valence-electron chi connectivity index (χ3n) is 3.69. The smallest absolute Gasteiger partial charge is 0.237 e. The predicted octanol–water partition coefficient (Wildman–Crippen LogP) is 0.415. The van der Waals surface area contributed by atoms with Gasteiger partial charge in [-0.15, -0.1) is 0 Å². The number of rotatable bonds is 6. The van der Waals surface area contributed by atoms with Crippen LogP contribution in [0.4, 0.5) is 0 Å². The Labute approximate surface area is 118 Å². The average Bonchev–Trinajstić information content (AvgIpc) is 2.99. The van der Waals surface area contributed by atoms with Gasteiger partial charge in [0, 0.05) is 18.8 Å². The summed E-state index contributed by atoms with van der Waals surface area (Å²) in [6, 6.07) is 3.22. The molecule has 1 aliphatic rings.